The quantitative estimate of drug-likeness (QED) is 0.575. The highest BCUT2D eigenvalue weighted by atomic mass is 19.1. The molecular weight excluding hydrogens is 324 g/mol. The number of aliphatic hydroxyl groups excluding tert-OH is 1. The van der Waals surface area contributed by atoms with E-state index >= 15 is 0 Å². The van der Waals surface area contributed by atoms with Gasteiger partial charge in [-0.1, -0.05) is 30.3 Å². The maximum Gasteiger partial charge on any atom is 0.193 e. The van der Waals surface area contributed by atoms with Gasteiger partial charge < -0.3 is 16.2 Å². The SMILES string of the molecule is NC(=NCC1(CO)CC(c2ccccc2)C1)Nc1cc(F)ccc1F. The number of rotatable bonds is 5. The van der Waals surface area contributed by atoms with Crippen LogP contribution >= 0.6 is 0 Å². The van der Waals surface area contributed by atoms with E-state index in [9.17, 15) is 13.9 Å². The van der Waals surface area contributed by atoms with Crippen molar-refractivity contribution in [3.8, 4) is 0 Å². The molecule has 132 valence electrons. The minimum atomic E-state index is -0.607. The van der Waals surface area contributed by atoms with Crippen LogP contribution in [0.25, 0.3) is 0 Å². The summed E-state index contributed by atoms with van der Waals surface area (Å²) in [7, 11) is 0. The smallest absolute Gasteiger partial charge is 0.193 e. The fourth-order valence-corrected chi connectivity index (χ4v) is 3.28. The van der Waals surface area contributed by atoms with Gasteiger partial charge in [-0.05, 0) is 36.5 Å². The van der Waals surface area contributed by atoms with E-state index in [1.54, 1.807) is 0 Å². The normalized spacial score (nSPS) is 23.2. The van der Waals surface area contributed by atoms with Gasteiger partial charge in [0.25, 0.3) is 0 Å². The predicted molar refractivity (Wildman–Crippen MR) is 94.4 cm³/mol. The molecule has 0 unspecified atom stereocenters. The Morgan fingerprint density at radius 2 is 1.92 bits per heavy atom. The van der Waals surface area contributed by atoms with Gasteiger partial charge in [-0.3, -0.25) is 4.99 Å². The van der Waals surface area contributed by atoms with Crippen molar-refractivity contribution in [3.05, 3.63) is 65.7 Å². The Hall–Kier alpha value is -2.47. The van der Waals surface area contributed by atoms with E-state index in [0.29, 0.717) is 12.5 Å². The lowest BCUT2D eigenvalue weighted by molar-refractivity contribution is 0.0342. The van der Waals surface area contributed by atoms with E-state index in [1.165, 1.54) is 5.56 Å². The zero-order valence-corrected chi connectivity index (χ0v) is 13.8. The highest BCUT2D eigenvalue weighted by molar-refractivity contribution is 5.92. The summed E-state index contributed by atoms with van der Waals surface area (Å²) in [4.78, 5) is 4.22. The minimum absolute atomic E-state index is 0.000450. The Kier molecular flexibility index (Phi) is 4.99. The fraction of sp³-hybridized carbons (Fsp3) is 0.316. The van der Waals surface area contributed by atoms with E-state index in [0.717, 1.165) is 31.0 Å². The number of benzene rings is 2. The maximum atomic E-state index is 13.6. The molecule has 6 heteroatoms. The number of nitrogens with one attached hydrogen (secondary N) is 1. The van der Waals surface area contributed by atoms with Gasteiger partial charge in [0.1, 0.15) is 11.6 Å². The third-order valence-electron chi connectivity index (χ3n) is 4.74. The van der Waals surface area contributed by atoms with Crippen LogP contribution in [0.5, 0.6) is 0 Å². The number of nitrogens with two attached hydrogens (primary N) is 1. The first-order chi connectivity index (χ1) is 12.0. The number of aliphatic imine (C=N–C) groups is 1. The summed E-state index contributed by atoms with van der Waals surface area (Å²) < 4.78 is 26.8. The molecule has 0 spiro atoms. The van der Waals surface area contributed by atoms with Gasteiger partial charge in [-0.25, -0.2) is 8.78 Å². The summed E-state index contributed by atoms with van der Waals surface area (Å²) in [5.74, 6) is -0.767. The van der Waals surface area contributed by atoms with Crippen LogP contribution in [-0.4, -0.2) is 24.2 Å². The number of nitrogens with zero attached hydrogens (tertiary/aromatic N) is 1. The molecule has 1 saturated carbocycles. The molecule has 0 radical (unpaired) electrons. The predicted octanol–water partition coefficient (Wildman–Crippen LogP) is 3.25. The molecule has 1 fully saturated rings. The second-order valence-electron chi connectivity index (χ2n) is 6.62. The lowest BCUT2D eigenvalue weighted by Crippen LogP contribution is -2.42. The molecule has 0 aliphatic heterocycles. The van der Waals surface area contributed by atoms with Gasteiger partial charge in [0.05, 0.1) is 18.8 Å². The van der Waals surface area contributed by atoms with Crippen LogP contribution in [0.15, 0.2) is 53.5 Å². The third-order valence-corrected chi connectivity index (χ3v) is 4.74. The van der Waals surface area contributed by atoms with Gasteiger partial charge in [0, 0.05) is 11.5 Å². The van der Waals surface area contributed by atoms with Gasteiger partial charge in [-0.15, -0.1) is 0 Å². The second kappa shape index (κ2) is 7.19. The largest absolute Gasteiger partial charge is 0.396 e. The molecule has 4 N–H and O–H groups in total. The number of hydrogen-bond donors (Lipinski definition) is 3. The lowest BCUT2D eigenvalue weighted by Gasteiger charge is -2.46. The number of aliphatic hydroxyl groups is 1. The Balaban J connectivity index is 1.61. The Bertz CT molecular complexity index is 759. The number of hydrogen-bond acceptors (Lipinski definition) is 2. The topological polar surface area (TPSA) is 70.6 Å². The monoisotopic (exact) mass is 345 g/mol. The molecule has 4 nitrogen and oxygen atoms in total. The van der Waals surface area contributed by atoms with Crippen molar-refractivity contribution in [2.24, 2.45) is 16.1 Å². The van der Waals surface area contributed by atoms with Crippen LogP contribution in [0.1, 0.15) is 24.3 Å². The van der Waals surface area contributed by atoms with Gasteiger partial charge >= 0.3 is 0 Å². The van der Waals surface area contributed by atoms with E-state index in [2.05, 4.69) is 22.4 Å². The average molecular weight is 345 g/mol. The standard InChI is InChI=1S/C19H21F2N3O/c20-15-6-7-16(21)17(8-15)24-18(22)23-11-19(12-25)9-14(10-19)13-4-2-1-3-5-13/h1-8,14,25H,9-12H2,(H3,22,23,24). The van der Waals surface area contributed by atoms with Gasteiger partial charge in [-0.2, -0.15) is 0 Å². The van der Waals surface area contributed by atoms with Crippen LogP contribution in [0.3, 0.4) is 0 Å². The number of halogens is 2. The second-order valence-corrected chi connectivity index (χ2v) is 6.62. The van der Waals surface area contributed by atoms with Crippen molar-refractivity contribution >= 4 is 11.6 Å². The molecule has 3 rings (SSSR count). The van der Waals surface area contributed by atoms with Crippen LogP contribution in [0.2, 0.25) is 0 Å². The van der Waals surface area contributed by atoms with Crippen LogP contribution in [0, 0.1) is 17.0 Å². The van der Waals surface area contributed by atoms with E-state index < -0.39 is 11.6 Å². The summed E-state index contributed by atoms with van der Waals surface area (Å²) in [6, 6.07) is 13.2. The minimum Gasteiger partial charge on any atom is -0.396 e. The van der Waals surface area contributed by atoms with E-state index in [-0.39, 0.29) is 23.7 Å². The molecule has 25 heavy (non-hydrogen) atoms. The summed E-state index contributed by atoms with van der Waals surface area (Å²) in [6.45, 7) is 0.351. The van der Waals surface area contributed by atoms with Crippen molar-refractivity contribution in [1.82, 2.24) is 0 Å². The van der Waals surface area contributed by atoms with Crippen LogP contribution in [-0.2, 0) is 0 Å². The zero-order valence-electron chi connectivity index (χ0n) is 13.8. The van der Waals surface area contributed by atoms with E-state index in [4.69, 9.17) is 5.73 Å². The van der Waals surface area contributed by atoms with Crippen molar-refractivity contribution in [2.45, 2.75) is 18.8 Å². The molecule has 2 aromatic rings. The number of guanidine groups is 1. The van der Waals surface area contributed by atoms with Crippen molar-refractivity contribution in [1.29, 1.82) is 0 Å². The zero-order chi connectivity index (χ0) is 17.9. The first-order valence-corrected chi connectivity index (χ1v) is 8.19. The lowest BCUT2D eigenvalue weighted by atomic mass is 9.60. The Morgan fingerprint density at radius 3 is 2.60 bits per heavy atom. The van der Waals surface area contributed by atoms with Crippen molar-refractivity contribution in [2.75, 3.05) is 18.5 Å². The van der Waals surface area contributed by atoms with E-state index in [1.807, 2.05) is 18.2 Å². The Morgan fingerprint density at radius 1 is 1.20 bits per heavy atom. The van der Waals surface area contributed by atoms with Gasteiger partial charge in [0.2, 0.25) is 0 Å². The van der Waals surface area contributed by atoms with Crippen LogP contribution in [0.4, 0.5) is 14.5 Å². The molecule has 0 bridgehead atoms. The van der Waals surface area contributed by atoms with Gasteiger partial charge in [0.15, 0.2) is 5.96 Å². The van der Waals surface area contributed by atoms with Crippen molar-refractivity contribution < 1.29 is 13.9 Å². The van der Waals surface area contributed by atoms with Crippen LogP contribution < -0.4 is 11.1 Å². The summed E-state index contributed by atoms with van der Waals surface area (Å²) in [5, 5.41) is 12.3. The molecule has 1 aliphatic rings. The summed E-state index contributed by atoms with van der Waals surface area (Å²) >= 11 is 0. The highest BCUT2D eigenvalue weighted by Gasteiger charge is 2.44. The van der Waals surface area contributed by atoms with Crippen molar-refractivity contribution in [3.63, 3.8) is 0 Å². The molecule has 0 amide bonds. The molecule has 0 saturated heterocycles. The number of anilines is 1. The molecule has 0 atom stereocenters. The molecule has 2 aromatic carbocycles. The third kappa shape index (κ3) is 3.96. The first kappa shape index (κ1) is 17.4. The summed E-state index contributed by atoms with van der Waals surface area (Å²) in [6.07, 6.45) is 1.64. The summed E-state index contributed by atoms with van der Waals surface area (Å²) in [5.41, 5.74) is 6.66. The Labute approximate surface area is 145 Å². The highest BCUT2D eigenvalue weighted by Crippen LogP contribution is 2.50. The molecule has 0 heterocycles. The first-order valence-electron chi connectivity index (χ1n) is 8.19. The fourth-order valence-electron chi connectivity index (χ4n) is 3.28. The maximum absolute atomic E-state index is 13.6. The molecule has 0 aromatic heterocycles. The average Bonchev–Trinajstić information content (AvgIpc) is 2.58. The molecule has 1 aliphatic carbocycles. The molecular formula is C19H21F2N3O.